The summed E-state index contributed by atoms with van der Waals surface area (Å²) in [4.78, 5) is 2.40. The average molecular weight is 605 g/mol. The van der Waals surface area contributed by atoms with Gasteiger partial charge >= 0.3 is 0 Å². The third kappa shape index (κ3) is 7.13. The number of hydrogen-bond acceptors (Lipinski definition) is 5. The van der Waals surface area contributed by atoms with Crippen LogP contribution in [0.15, 0.2) is 53.9 Å². The SMILES string of the molecule is C=CC(O[Si](C)(C)C(C)(C)C)[C@@H]1CC[C@H]1CN1CCCCc2cc(Cl)ccc2COc2ccc(S(N)(=O)=O)cc21. The van der Waals surface area contributed by atoms with Gasteiger partial charge in [-0.25, -0.2) is 13.6 Å². The molecule has 2 aromatic carbocycles. The molecule has 0 spiro atoms. The van der Waals surface area contributed by atoms with Gasteiger partial charge in [-0.1, -0.05) is 44.5 Å². The van der Waals surface area contributed by atoms with E-state index in [1.165, 1.54) is 11.6 Å². The molecule has 0 amide bonds. The van der Waals surface area contributed by atoms with Crippen molar-refractivity contribution >= 4 is 35.6 Å². The van der Waals surface area contributed by atoms with Crippen molar-refractivity contribution in [3.05, 3.63) is 65.2 Å². The summed E-state index contributed by atoms with van der Waals surface area (Å²) in [7, 11) is -5.83. The van der Waals surface area contributed by atoms with Crippen molar-refractivity contribution in [2.24, 2.45) is 17.0 Å². The maximum atomic E-state index is 12.3. The van der Waals surface area contributed by atoms with Crippen LogP contribution >= 0.6 is 11.6 Å². The Labute approximate surface area is 247 Å². The van der Waals surface area contributed by atoms with Crippen LogP contribution in [0, 0.1) is 11.8 Å². The van der Waals surface area contributed by atoms with E-state index in [1.54, 1.807) is 12.1 Å². The quantitative estimate of drug-likeness (QED) is 0.265. The summed E-state index contributed by atoms with van der Waals surface area (Å²) in [6.07, 6.45) is 7.05. The predicted molar refractivity (Wildman–Crippen MR) is 167 cm³/mol. The van der Waals surface area contributed by atoms with Gasteiger partial charge in [-0.05, 0) is 104 Å². The molecule has 9 heteroatoms. The molecule has 40 heavy (non-hydrogen) atoms. The molecule has 0 bridgehead atoms. The summed E-state index contributed by atoms with van der Waals surface area (Å²) in [5, 5.41) is 6.39. The Hall–Kier alpha value is -1.84. The lowest BCUT2D eigenvalue weighted by atomic mass is 9.70. The van der Waals surface area contributed by atoms with Gasteiger partial charge in [-0.3, -0.25) is 0 Å². The smallest absolute Gasteiger partial charge is 0.238 e. The lowest BCUT2D eigenvalue weighted by Gasteiger charge is -2.47. The fourth-order valence-electron chi connectivity index (χ4n) is 5.46. The van der Waals surface area contributed by atoms with Crippen molar-refractivity contribution in [2.75, 3.05) is 18.0 Å². The third-order valence-corrected chi connectivity index (χ3v) is 14.7. The zero-order valence-electron chi connectivity index (χ0n) is 24.6. The molecular formula is C31H45ClN2O4SSi. The Morgan fingerprint density at radius 2 is 1.93 bits per heavy atom. The number of fused-ring (bicyclic) bond motifs is 2. The van der Waals surface area contributed by atoms with Crippen molar-refractivity contribution < 1.29 is 17.6 Å². The molecule has 2 aliphatic rings. The number of nitrogens with two attached hydrogens (primary N) is 1. The van der Waals surface area contributed by atoms with Crippen molar-refractivity contribution in [1.29, 1.82) is 0 Å². The summed E-state index contributed by atoms with van der Waals surface area (Å²) >= 11 is 6.30. The van der Waals surface area contributed by atoms with Crippen LogP contribution in [0.1, 0.15) is 57.6 Å². The molecule has 0 aromatic heterocycles. The van der Waals surface area contributed by atoms with Crippen LogP contribution < -0.4 is 14.8 Å². The van der Waals surface area contributed by atoms with Crippen molar-refractivity contribution in [3.8, 4) is 5.75 Å². The molecule has 1 saturated carbocycles. The first kappa shape index (κ1) is 31.1. The van der Waals surface area contributed by atoms with Crippen LogP contribution in [-0.4, -0.2) is 35.9 Å². The van der Waals surface area contributed by atoms with E-state index in [-0.39, 0.29) is 16.0 Å². The minimum atomic E-state index is -3.87. The van der Waals surface area contributed by atoms with Gasteiger partial charge in [0.05, 0.1) is 16.7 Å². The Morgan fingerprint density at radius 3 is 2.55 bits per heavy atom. The standard InChI is InChI=1S/C31H45ClN2O4SSi/c1-7-29(38-40(5,6)31(2,3)4)27-15-12-23(27)20-34-17-9-8-10-22-18-25(32)13-11-24(22)21-37-30-16-14-26(19-28(30)34)39(33,35)36/h7,11,13-14,16,18-19,23,27,29H,1,8-10,12,15,17,20-21H2,2-6H3,(H2,33,35,36)/t23-,27+,29?/m0/s1. The fraction of sp³-hybridized carbons (Fsp3) is 0.548. The summed E-state index contributed by atoms with van der Waals surface area (Å²) in [6, 6.07) is 10.9. The van der Waals surface area contributed by atoms with Crippen LogP contribution in [0.25, 0.3) is 0 Å². The number of anilines is 1. The molecular weight excluding hydrogens is 560 g/mol. The van der Waals surface area contributed by atoms with E-state index in [1.807, 2.05) is 24.3 Å². The number of hydrogen-bond donors (Lipinski definition) is 1. The highest BCUT2D eigenvalue weighted by Crippen LogP contribution is 2.45. The minimum Gasteiger partial charge on any atom is -0.487 e. The molecule has 0 saturated heterocycles. The number of rotatable bonds is 7. The molecule has 6 nitrogen and oxygen atoms in total. The van der Waals surface area contributed by atoms with E-state index in [0.29, 0.717) is 24.2 Å². The number of primary sulfonamides is 1. The first-order chi connectivity index (χ1) is 18.7. The lowest BCUT2D eigenvalue weighted by Crippen LogP contribution is -2.50. The highest BCUT2D eigenvalue weighted by molar-refractivity contribution is 7.89. The molecule has 2 N–H and O–H groups in total. The van der Waals surface area contributed by atoms with Gasteiger partial charge < -0.3 is 14.1 Å². The maximum absolute atomic E-state index is 12.3. The average Bonchev–Trinajstić information content (AvgIpc) is 2.87. The monoisotopic (exact) mass is 604 g/mol. The molecule has 1 aliphatic heterocycles. The van der Waals surface area contributed by atoms with Crippen LogP contribution in [0.2, 0.25) is 23.2 Å². The van der Waals surface area contributed by atoms with Gasteiger partial charge in [0, 0.05) is 18.1 Å². The van der Waals surface area contributed by atoms with Gasteiger partial charge in [0.2, 0.25) is 10.0 Å². The zero-order valence-corrected chi connectivity index (χ0v) is 27.2. The maximum Gasteiger partial charge on any atom is 0.238 e. The third-order valence-electron chi connectivity index (χ3n) is 9.10. The van der Waals surface area contributed by atoms with E-state index in [4.69, 9.17) is 25.9 Å². The van der Waals surface area contributed by atoms with E-state index >= 15 is 0 Å². The van der Waals surface area contributed by atoms with Crippen LogP contribution in [-0.2, 0) is 27.5 Å². The van der Waals surface area contributed by atoms with E-state index in [2.05, 4.69) is 45.3 Å². The number of benzene rings is 2. The largest absolute Gasteiger partial charge is 0.487 e. The van der Waals surface area contributed by atoms with Gasteiger partial charge in [-0.15, -0.1) is 6.58 Å². The van der Waals surface area contributed by atoms with Gasteiger partial charge in [0.1, 0.15) is 12.4 Å². The normalized spacial score (nSPS) is 21.2. The molecule has 2 aromatic rings. The molecule has 220 valence electrons. The second-order valence-corrected chi connectivity index (χ2v) is 19.6. The topological polar surface area (TPSA) is 81.9 Å². The van der Waals surface area contributed by atoms with E-state index in [9.17, 15) is 8.42 Å². The molecule has 1 heterocycles. The zero-order chi connectivity index (χ0) is 29.3. The highest BCUT2D eigenvalue weighted by atomic mass is 35.5. The lowest BCUT2D eigenvalue weighted by molar-refractivity contribution is 0.0534. The molecule has 3 atom stereocenters. The van der Waals surface area contributed by atoms with Gasteiger partial charge in [-0.2, -0.15) is 0 Å². The first-order valence-corrected chi connectivity index (χ1v) is 19.1. The molecule has 1 aliphatic carbocycles. The molecule has 4 rings (SSSR count). The predicted octanol–water partition coefficient (Wildman–Crippen LogP) is 7.31. The number of nitrogens with zero attached hydrogens (tertiary/aromatic N) is 1. The second kappa shape index (κ2) is 12.2. The van der Waals surface area contributed by atoms with E-state index in [0.717, 1.165) is 61.5 Å². The molecule has 1 fully saturated rings. The summed E-state index contributed by atoms with van der Waals surface area (Å²) in [6.45, 7) is 17.5. The first-order valence-electron chi connectivity index (χ1n) is 14.3. The Morgan fingerprint density at radius 1 is 1.18 bits per heavy atom. The summed E-state index contributed by atoms with van der Waals surface area (Å²) in [5.74, 6) is 1.44. The van der Waals surface area contributed by atoms with Crippen molar-refractivity contribution in [1.82, 2.24) is 0 Å². The van der Waals surface area contributed by atoms with Crippen LogP contribution in [0.3, 0.4) is 0 Å². The number of ether oxygens (including phenoxy) is 1. The fourth-order valence-corrected chi connectivity index (χ4v) is 7.49. The van der Waals surface area contributed by atoms with Gasteiger partial charge in [0.25, 0.3) is 0 Å². The van der Waals surface area contributed by atoms with Crippen molar-refractivity contribution in [3.63, 3.8) is 0 Å². The summed E-state index contributed by atoms with van der Waals surface area (Å²) < 4.78 is 37.8. The minimum absolute atomic E-state index is 0.00861. The second-order valence-electron chi connectivity index (χ2n) is 12.9. The van der Waals surface area contributed by atoms with Gasteiger partial charge in [0.15, 0.2) is 8.32 Å². The van der Waals surface area contributed by atoms with E-state index < -0.39 is 18.3 Å². The van der Waals surface area contributed by atoms with Crippen molar-refractivity contribution in [2.45, 2.75) is 88.6 Å². The number of sulfonamides is 1. The highest BCUT2D eigenvalue weighted by Gasteiger charge is 2.44. The number of aryl methyl sites for hydroxylation is 1. The van der Waals surface area contributed by atoms with Crippen LogP contribution in [0.4, 0.5) is 5.69 Å². The Bertz CT molecular complexity index is 1330. The Kier molecular flexibility index (Phi) is 9.47. The number of halogens is 1. The Balaban J connectivity index is 1.63. The summed E-state index contributed by atoms with van der Waals surface area (Å²) in [5.41, 5.74) is 3.06. The molecule has 1 unspecified atom stereocenters. The van der Waals surface area contributed by atoms with Crippen LogP contribution in [0.5, 0.6) is 5.75 Å². The molecule has 0 radical (unpaired) electrons.